The molecule has 2 aliphatic carbocycles. The Balaban J connectivity index is 1.99. The van der Waals surface area contributed by atoms with Gasteiger partial charge in [-0.05, 0) is 38.8 Å². The zero-order valence-electron chi connectivity index (χ0n) is 9.45. The van der Waals surface area contributed by atoms with Crippen LogP contribution in [0.3, 0.4) is 0 Å². The SMILES string of the molecule is CN(C)[C@@H]1CC2CCCCC2C[C@H]1O. The van der Waals surface area contributed by atoms with Crippen LogP contribution >= 0.6 is 0 Å². The van der Waals surface area contributed by atoms with E-state index < -0.39 is 0 Å². The van der Waals surface area contributed by atoms with Gasteiger partial charge in [-0.3, -0.25) is 0 Å². The lowest BCUT2D eigenvalue weighted by Gasteiger charge is -2.44. The maximum atomic E-state index is 10.0. The molecule has 82 valence electrons. The monoisotopic (exact) mass is 197 g/mol. The highest BCUT2D eigenvalue weighted by Gasteiger charge is 2.37. The molecule has 0 aromatic carbocycles. The van der Waals surface area contributed by atoms with Crippen LogP contribution in [0.2, 0.25) is 0 Å². The molecule has 0 aliphatic heterocycles. The van der Waals surface area contributed by atoms with E-state index in [2.05, 4.69) is 19.0 Å². The summed E-state index contributed by atoms with van der Waals surface area (Å²) >= 11 is 0. The predicted molar refractivity (Wildman–Crippen MR) is 58.2 cm³/mol. The zero-order valence-corrected chi connectivity index (χ0v) is 9.45. The Morgan fingerprint density at radius 1 is 1.00 bits per heavy atom. The van der Waals surface area contributed by atoms with Gasteiger partial charge in [0, 0.05) is 6.04 Å². The molecule has 0 saturated heterocycles. The Bertz CT molecular complexity index is 193. The van der Waals surface area contributed by atoms with E-state index in [1.807, 2.05) is 0 Å². The fourth-order valence-electron chi connectivity index (χ4n) is 3.39. The first-order valence-electron chi connectivity index (χ1n) is 6.03. The minimum atomic E-state index is -0.0793. The van der Waals surface area contributed by atoms with Gasteiger partial charge in [-0.2, -0.15) is 0 Å². The van der Waals surface area contributed by atoms with Gasteiger partial charge >= 0.3 is 0 Å². The highest BCUT2D eigenvalue weighted by Crippen LogP contribution is 2.41. The van der Waals surface area contributed by atoms with Gasteiger partial charge in [-0.25, -0.2) is 0 Å². The Kier molecular flexibility index (Phi) is 3.13. The highest BCUT2D eigenvalue weighted by molar-refractivity contribution is 4.91. The van der Waals surface area contributed by atoms with Gasteiger partial charge in [0.15, 0.2) is 0 Å². The fourth-order valence-corrected chi connectivity index (χ4v) is 3.39. The number of fused-ring (bicyclic) bond motifs is 1. The van der Waals surface area contributed by atoms with Crippen LogP contribution in [0.1, 0.15) is 38.5 Å². The quantitative estimate of drug-likeness (QED) is 0.694. The molecular formula is C12H23NO. The summed E-state index contributed by atoms with van der Waals surface area (Å²) in [5.74, 6) is 1.73. The van der Waals surface area contributed by atoms with E-state index >= 15 is 0 Å². The zero-order chi connectivity index (χ0) is 10.1. The van der Waals surface area contributed by atoms with Crippen LogP contribution in [0.15, 0.2) is 0 Å². The van der Waals surface area contributed by atoms with E-state index in [9.17, 15) is 5.11 Å². The molecule has 0 aromatic heterocycles. The first-order chi connectivity index (χ1) is 6.68. The van der Waals surface area contributed by atoms with Gasteiger partial charge < -0.3 is 10.0 Å². The number of aliphatic hydroxyl groups excluding tert-OH is 1. The van der Waals surface area contributed by atoms with Crippen molar-refractivity contribution in [3.63, 3.8) is 0 Å². The first-order valence-corrected chi connectivity index (χ1v) is 6.03. The molecule has 2 unspecified atom stereocenters. The molecule has 0 aromatic rings. The van der Waals surface area contributed by atoms with Crippen molar-refractivity contribution in [2.75, 3.05) is 14.1 Å². The summed E-state index contributed by atoms with van der Waals surface area (Å²) in [4.78, 5) is 2.20. The van der Waals surface area contributed by atoms with Crippen LogP contribution in [0.5, 0.6) is 0 Å². The molecule has 2 nitrogen and oxygen atoms in total. The number of likely N-dealkylation sites (N-methyl/N-ethyl adjacent to an activating group) is 1. The molecule has 0 amide bonds. The van der Waals surface area contributed by atoms with Gasteiger partial charge in [-0.15, -0.1) is 0 Å². The number of rotatable bonds is 1. The molecule has 0 bridgehead atoms. The Hall–Kier alpha value is -0.0800. The molecule has 2 fully saturated rings. The first kappa shape index (κ1) is 10.4. The molecule has 2 rings (SSSR count). The second-order valence-corrected chi connectivity index (χ2v) is 5.37. The Morgan fingerprint density at radius 3 is 2.14 bits per heavy atom. The Labute approximate surface area is 87.3 Å². The van der Waals surface area contributed by atoms with Crippen molar-refractivity contribution in [3.8, 4) is 0 Å². The maximum absolute atomic E-state index is 10.0. The Morgan fingerprint density at radius 2 is 1.57 bits per heavy atom. The topological polar surface area (TPSA) is 23.5 Å². The van der Waals surface area contributed by atoms with Crippen molar-refractivity contribution in [2.45, 2.75) is 50.7 Å². The molecule has 0 heterocycles. The third-order valence-corrected chi connectivity index (χ3v) is 4.26. The van der Waals surface area contributed by atoms with Crippen LogP contribution in [0.25, 0.3) is 0 Å². The van der Waals surface area contributed by atoms with Gasteiger partial charge in [0.25, 0.3) is 0 Å². The second-order valence-electron chi connectivity index (χ2n) is 5.37. The number of hydrogen-bond acceptors (Lipinski definition) is 2. The molecule has 4 atom stereocenters. The van der Waals surface area contributed by atoms with Crippen LogP contribution in [-0.2, 0) is 0 Å². The van der Waals surface area contributed by atoms with Crippen molar-refractivity contribution < 1.29 is 5.11 Å². The van der Waals surface area contributed by atoms with E-state index in [4.69, 9.17) is 0 Å². The van der Waals surface area contributed by atoms with E-state index in [1.54, 1.807) is 0 Å². The highest BCUT2D eigenvalue weighted by atomic mass is 16.3. The summed E-state index contributed by atoms with van der Waals surface area (Å²) in [5, 5.41) is 10.0. The second kappa shape index (κ2) is 4.19. The summed E-state index contributed by atoms with van der Waals surface area (Å²) < 4.78 is 0. The largest absolute Gasteiger partial charge is 0.391 e. The molecule has 2 saturated carbocycles. The predicted octanol–water partition coefficient (Wildman–Crippen LogP) is 1.88. The molecule has 1 N–H and O–H groups in total. The van der Waals surface area contributed by atoms with E-state index in [-0.39, 0.29) is 6.10 Å². The lowest BCUT2D eigenvalue weighted by atomic mass is 9.68. The molecule has 14 heavy (non-hydrogen) atoms. The average molecular weight is 197 g/mol. The van der Waals surface area contributed by atoms with E-state index in [0.717, 1.165) is 18.3 Å². The summed E-state index contributed by atoms with van der Waals surface area (Å²) in [6, 6.07) is 0.411. The van der Waals surface area contributed by atoms with Gasteiger partial charge in [0.2, 0.25) is 0 Å². The van der Waals surface area contributed by atoms with Crippen molar-refractivity contribution in [2.24, 2.45) is 11.8 Å². The van der Waals surface area contributed by atoms with Crippen LogP contribution in [0, 0.1) is 11.8 Å². The minimum Gasteiger partial charge on any atom is -0.391 e. The molecule has 0 spiro atoms. The summed E-state index contributed by atoms with van der Waals surface area (Å²) in [7, 11) is 4.19. The van der Waals surface area contributed by atoms with Crippen molar-refractivity contribution in [3.05, 3.63) is 0 Å². The van der Waals surface area contributed by atoms with Gasteiger partial charge in [0.1, 0.15) is 0 Å². The average Bonchev–Trinajstić information content (AvgIpc) is 2.16. The van der Waals surface area contributed by atoms with Crippen molar-refractivity contribution in [1.82, 2.24) is 4.90 Å². The lowest BCUT2D eigenvalue weighted by molar-refractivity contribution is -0.0157. The standard InChI is InChI=1S/C12H23NO/c1-13(2)11-7-9-5-3-4-6-10(9)8-12(11)14/h9-12,14H,3-8H2,1-2H3/t9?,10?,11-,12-/m1/s1. The normalized spacial score (nSPS) is 43.7. The van der Waals surface area contributed by atoms with Crippen molar-refractivity contribution >= 4 is 0 Å². The van der Waals surface area contributed by atoms with Crippen LogP contribution in [-0.4, -0.2) is 36.2 Å². The molecule has 2 aliphatic rings. The van der Waals surface area contributed by atoms with Crippen LogP contribution < -0.4 is 0 Å². The van der Waals surface area contributed by atoms with Gasteiger partial charge in [-0.1, -0.05) is 25.7 Å². The van der Waals surface area contributed by atoms with E-state index in [0.29, 0.717) is 6.04 Å². The summed E-state index contributed by atoms with van der Waals surface area (Å²) in [6.45, 7) is 0. The fraction of sp³-hybridized carbons (Fsp3) is 1.00. The van der Waals surface area contributed by atoms with Crippen molar-refractivity contribution in [1.29, 1.82) is 0 Å². The lowest BCUT2D eigenvalue weighted by Crippen LogP contribution is -2.47. The van der Waals surface area contributed by atoms with Gasteiger partial charge in [0.05, 0.1) is 6.10 Å². The third kappa shape index (κ3) is 1.96. The third-order valence-electron chi connectivity index (χ3n) is 4.26. The maximum Gasteiger partial charge on any atom is 0.0698 e. The molecule has 0 radical (unpaired) electrons. The number of hydrogen-bond donors (Lipinski definition) is 1. The minimum absolute atomic E-state index is 0.0793. The van der Waals surface area contributed by atoms with E-state index in [1.165, 1.54) is 32.1 Å². The summed E-state index contributed by atoms with van der Waals surface area (Å²) in [5.41, 5.74) is 0. The number of nitrogens with zero attached hydrogens (tertiary/aromatic N) is 1. The molecular weight excluding hydrogens is 174 g/mol. The summed E-state index contributed by atoms with van der Waals surface area (Å²) in [6.07, 6.45) is 7.76. The molecule has 2 heteroatoms. The number of aliphatic hydroxyl groups is 1. The smallest absolute Gasteiger partial charge is 0.0698 e. The van der Waals surface area contributed by atoms with Crippen LogP contribution in [0.4, 0.5) is 0 Å².